The zero-order valence-electron chi connectivity index (χ0n) is 11.4. The molecule has 0 radical (unpaired) electrons. The third-order valence-corrected chi connectivity index (χ3v) is 3.97. The summed E-state index contributed by atoms with van der Waals surface area (Å²) in [4.78, 5) is 35.5. The van der Waals surface area contributed by atoms with Gasteiger partial charge in [0, 0.05) is 12.5 Å². The molecule has 0 aliphatic heterocycles. The lowest BCUT2D eigenvalue weighted by Crippen LogP contribution is -2.26. The van der Waals surface area contributed by atoms with Crippen molar-refractivity contribution in [2.45, 2.75) is 20.0 Å². The van der Waals surface area contributed by atoms with Crippen LogP contribution in [0.2, 0.25) is 10.0 Å². The molecule has 1 aliphatic carbocycles. The van der Waals surface area contributed by atoms with Gasteiger partial charge < -0.3 is 14.9 Å². The summed E-state index contributed by atoms with van der Waals surface area (Å²) in [6, 6.07) is 0. The number of hydrogen-bond acceptors (Lipinski definition) is 6. The number of aromatic hydroxyl groups is 2. The molecule has 0 saturated carbocycles. The summed E-state index contributed by atoms with van der Waals surface area (Å²) in [6.45, 7) is 2.55. The number of allylic oxidation sites excluding steroid dienone is 1. The van der Waals surface area contributed by atoms with E-state index in [-0.39, 0.29) is 5.57 Å². The fraction of sp³-hybridized carbons (Fsp3) is 0.214. The highest BCUT2D eigenvalue weighted by molar-refractivity contribution is 6.45. The van der Waals surface area contributed by atoms with Gasteiger partial charge in [-0.2, -0.15) is 0 Å². The number of fused-ring (bicyclic) bond motifs is 1. The molecule has 0 heterocycles. The van der Waals surface area contributed by atoms with Crippen LogP contribution in [-0.4, -0.2) is 33.9 Å². The molecule has 1 aliphatic rings. The van der Waals surface area contributed by atoms with Crippen LogP contribution in [0.25, 0.3) is 0 Å². The molecule has 1 unspecified atom stereocenters. The Kier molecular flexibility index (Phi) is 4.17. The number of phenolic OH excluding ortho intramolecular Hbond substituents is 2. The van der Waals surface area contributed by atoms with E-state index in [2.05, 4.69) is 0 Å². The summed E-state index contributed by atoms with van der Waals surface area (Å²) >= 11 is 11.4. The van der Waals surface area contributed by atoms with Crippen molar-refractivity contribution in [1.82, 2.24) is 0 Å². The molecule has 1 aromatic rings. The predicted molar refractivity (Wildman–Crippen MR) is 77.8 cm³/mol. The Bertz CT molecular complexity index is 750. The number of ketones is 2. The Labute approximate surface area is 134 Å². The summed E-state index contributed by atoms with van der Waals surface area (Å²) in [6.07, 6.45) is -0.0696. The van der Waals surface area contributed by atoms with Crippen LogP contribution >= 0.6 is 23.2 Å². The number of rotatable bonds is 2. The van der Waals surface area contributed by atoms with Crippen LogP contribution in [-0.2, 0) is 9.53 Å². The number of halogens is 2. The van der Waals surface area contributed by atoms with Crippen LogP contribution in [0.4, 0.5) is 0 Å². The normalized spacial score (nSPS) is 15.2. The SMILES string of the molecule is CC(=O)OC(C)C1=CC(=O)c2c(O)c(Cl)c(Cl)c(O)c2C1=O. The van der Waals surface area contributed by atoms with E-state index in [0.717, 1.165) is 13.0 Å². The second-order valence-corrected chi connectivity index (χ2v) is 5.38. The van der Waals surface area contributed by atoms with E-state index in [9.17, 15) is 24.6 Å². The van der Waals surface area contributed by atoms with Crippen LogP contribution in [0.3, 0.4) is 0 Å². The maximum absolute atomic E-state index is 12.4. The van der Waals surface area contributed by atoms with E-state index in [4.69, 9.17) is 27.9 Å². The molecule has 2 rings (SSSR count). The van der Waals surface area contributed by atoms with Gasteiger partial charge in [0.2, 0.25) is 0 Å². The first-order valence-corrected chi connectivity index (χ1v) is 6.83. The number of esters is 1. The second kappa shape index (κ2) is 5.62. The molecule has 0 aromatic heterocycles. The quantitative estimate of drug-likeness (QED) is 0.631. The van der Waals surface area contributed by atoms with Crippen molar-refractivity contribution in [3.05, 3.63) is 32.8 Å². The summed E-state index contributed by atoms with van der Waals surface area (Å²) in [7, 11) is 0. The summed E-state index contributed by atoms with van der Waals surface area (Å²) in [5.41, 5.74) is -1.04. The molecule has 0 spiro atoms. The largest absolute Gasteiger partial charge is 0.506 e. The van der Waals surface area contributed by atoms with Crippen LogP contribution in [0.1, 0.15) is 34.6 Å². The van der Waals surface area contributed by atoms with Gasteiger partial charge in [-0.15, -0.1) is 0 Å². The highest BCUT2D eigenvalue weighted by Crippen LogP contribution is 2.46. The highest BCUT2D eigenvalue weighted by atomic mass is 35.5. The fourth-order valence-corrected chi connectivity index (χ4v) is 2.53. The van der Waals surface area contributed by atoms with E-state index in [1.165, 1.54) is 6.92 Å². The van der Waals surface area contributed by atoms with Crippen LogP contribution < -0.4 is 0 Å². The van der Waals surface area contributed by atoms with E-state index >= 15 is 0 Å². The first-order chi connectivity index (χ1) is 10.2. The summed E-state index contributed by atoms with van der Waals surface area (Å²) in [5, 5.41) is 19.0. The van der Waals surface area contributed by atoms with Gasteiger partial charge in [0.25, 0.3) is 0 Å². The van der Waals surface area contributed by atoms with Crippen molar-refractivity contribution in [1.29, 1.82) is 0 Å². The highest BCUT2D eigenvalue weighted by Gasteiger charge is 2.36. The molecule has 1 aromatic carbocycles. The number of ether oxygens (including phenoxy) is 1. The number of phenols is 2. The molecule has 22 heavy (non-hydrogen) atoms. The van der Waals surface area contributed by atoms with Crippen molar-refractivity contribution in [2.24, 2.45) is 0 Å². The van der Waals surface area contributed by atoms with Crippen LogP contribution in [0.15, 0.2) is 11.6 Å². The molecule has 8 heteroatoms. The lowest BCUT2D eigenvalue weighted by Gasteiger charge is -2.22. The van der Waals surface area contributed by atoms with Crippen LogP contribution in [0, 0.1) is 0 Å². The topological polar surface area (TPSA) is 101 Å². The van der Waals surface area contributed by atoms with E-state index in [1.54, 1.807) is 0 Å². The summed E-state index contributed by atoms with van der Waals surface area (Å²) < 4.78 is 4.86. The zero-order valence-corrected chi connectivity index (χ0v) is 12.9. The maximum Gasteiger partial charge on any atom is 0.303 e. The molecular weight excluding hydrogens is 335 g/mol. The Morgan fingerprint density at radius 1 is 1.14 bits per heavy atom. The molecule has 0 saturated heterocycles. The van der Waals surface area contributed by atoms with Crippen molar-refractivity contribution in [3.63, 3.8) is 0 Å². The van der Waals surface area contributed by atoms with Gasteiger partial charge in [-0.3, -0.25) is 14.4 Å². The number of hydrogen-bond donors (Lipinski definition) is 2. The first kappa shape index (κ1) is 16.3. The van der Waals surface area contributed by atoms with Gasteiger partial charge in [-0.1, -0.05) is 23.2 Å². The van der Waals surface area contributed by atoms with Crippen molar-refractivity contribution < 1.29 is 29.3 Å². The van der Waals surface area contributed by atoms with Gasteiger partial charge in [-0.05, 0) is 13.0 Å². The Balaban J connectivity index is 2.65. The zero-order chi connectivity index (χ0) is 16.8. The lowest BCUT2D eigenvalue weighted by atomic mass is 9.86. The number of carbonyl (C=O) groups is 3. The van der Waals surface area contributed by atoms with E-state index in [1.807, 2.05) is 0 Å². The standard InChI is InChI=1S/C14H10Cl2O6/c1-4(22-5(2)17)6-3-7(18)8-9(12(6)19)14(21)11(16)10(15)13(8)20/h3-4,20-21H,1-2H3. The molecule has 0 bridgehead atoms. The van der Waals surface area contributed by atoms with E-state index in [0.29, 0.717) is 0 Å². The average Bonchev–Trinajstić information content (AvgIpc) is 2.43. The minimum absolute atomic E-state index is 0.138. The van der Waals surface area contributed by atoms with Crippen molar-refractivity contribution in [2.75, 3.05) is 0 Å². The van der Waals surface area contributed by atoms with Crippen LogP contribution in [0.5, 0.6) is 11.5 Å². The smallest absolute Gasteiger partial charge is 0.303 e. The minimum Gasteiger partial charge on any atom is -0.506 e. The number of benzene rings is 1. The number of Topliss-reactive ketones (excluding diaryl/α,β-unsaturated/α-hetero) is 1. The van der Waals surface area contributed by atoms with Gasteiger partial charge >= 0.3 is 5.97 Å². The molecule has 0 amide bonds. The second-order valence-electron chi connectivity index (χ2n) is 4.62. The molecular formula is C14H10Cl2O6. The predicted octanol–water partition coefficient (Wildman–Crippen LogP) is 2.66. The maximum atomic E-state index is 12.4. The monoisotopic (exact) mass is 344 g/mol. The van der Waals surface area contributed by atoms with Crippen molar-refractivity contribution >= 4 is 40.7 Å². The average molecular weight is 345 g/mol. The Morgan fingerprint density at radius 3 is 2.14 bits per heavy atom. The van der Waals surface area contributed by atoms with Gasteiger partial charge in [0.15, 0.2) is 11.6 Å². The Morgan fingerprint density at radius 2 is 1.64 bits per heavy atom. The fourth-order valence-electron chi connectivity index (χ4n) is 2.16. The molecule has 6 nitrogen and oxygen atoms in total. The van der Waals surface area contributed by atoms with Gasteiger partial charge in [0.05, 0.1) is 11.1 Å². The third-order valence-electron chi connectivity index (χ3n) is 3.14. The molecule has 2 N–H and O–H groups in total. The third kappa shape index (κ3) is 2.44. The molecule has 1 atom stereocenters. The van der Waals surface area contributed by atoms with Crippen molar-refractivity contribution in [3.8, 4) is 11.5 Å². The lowest BCUT2D eigenvalue weighted by molar-refractivity contribution is -0.143. The minimum atomic E-state index is -1.00. The summed E-state index contributed by atoms with van der Waals surface area (Å²) in [5.74, 6) is -3.57. The van der Waals surface area contributed by atoms with Gasteiger partial charge in [-0.25, -0.2) is 0 Å². The van der Waals surface area contributed by atoms with Gasteiger partial charge in [0.1, 0.15) is 27.6 Å². The molecule has 0 fully saturated rings. The first-order valence-electron chi connectivity index (χ1n) is 6.07. The number of carbonyl (C=O) groups excluding carboxylic acids is 3. The van der Waals surface area contributed by atoms with E-state index < -0.39 is 56.3 Å². The Hall–Kier alpha value is -2.05. The molecule has 116 valence electrons.